The summed E-state index contributed by atoms with van der Waals surface area (Å²) in [5.74, 6) is 0.659. The summed E-state index contributed by atoms with van der Waals surface area (Å²) in [5.41, 5.74) is 4.44. The van der Waals surface area contributed by atoms with Gasteiger partial charge in [-0.3, -0.25) is 0 Å². The standard InChI is InChI=1S/C11H16.C9H12.C2H6/c1-9-5-7-10(8-6-9)11(2,3)4;1-8(2)9-6-4-3-5-7-9;1-2/h5-8H,1-4H3;3-8H,1-2H3;1-2H3. The summed E-state index contributed by atoms with van der Waals surface area (Å²) in [6.07, 6.45) is 0. The van der Waals surface area contributed by atoms with Crippen LogP contribution in [-0.2, 0) is 5.41 Å². The topological polar surface area (TPSA) is 0 Å². The van der Waals surface area contributed by atoms with E-state index >= 15 is 0 Å². The Morgan fingerprint density at radius 2 is 1.18 bits per heavy atom. The third-order valence-corrected chi connectivity index (χ3v) is 3.38. The van der Waals surface area contributed by atoms with Crippen LogP contribution in [0.3, 0.4) is 0 Å². The predicted molar refractivity (Wildman–Crippen MR) is 102 cm³/mol. The Morgan fingerprint density at radius 3 is 1.50 bits per heavy atom. The maximum absolute atomic E-state index is 2.23. The SMILES string of the molecule is CC.CC(C)c1ccccc1.Cc1ccc(C(C)(C)C)cc1. The van der Waals surface area contributed by atoms with Crippen LogP contribution in [0.2, 0.25) is 0 Å². The van der Waals surface area contributed by atoms with Crippen LogP contribution in [0.4, 0.5) is 0 Å². The van der Waals surface area contributed by atoms with Crippen molar-refractivity contribution in [3.05, 3.63) is 71.3 Å². The Bertz CT molecular complexity index is 484. The van der Waals surface area contributed by atoms with E-state index in [-0.39, 0.29) is 5.41 Å². The number of hydrogen-bond acceptors (Lipinski definition) is 0. The van der Waals surface area contributed by atoms with Gasteiger partial charge in [0.1, 0.15) is 0 Å². The Labute approximate surface area is 138 Å². The van der Waals surface area contributed by atoms with Crippen LogP contribution in [0.25, 0.3) is 0 Å². The van der Waals surface area contributed by atoms with E-state index in [1.807, 2.05) is 19.9 Å². The first kappa shape index (κ1) is 20.4. The highest BCUT2D eigenvalue weighted by Gasteiger charge is 2.11. The van der Waals surface area contributed by atoms with Crippen molar-refractivity contribution in [2.24, 2.45) is 0 Å². The molecule has 122 valence electrons. The smallest absolute Gasteiger partial charge is 0.0132 e. The first-order valence-electron chi connectivity index (χ1n) is 8.43. The number of aryl methyl sites for hydroxylation is 1. The van der Waals surface area contributed by atoms with Gasteiger partial charge in [-0.1, -0.05) is 109 Å². The first-order chi connectivity index (χ1) is 10.3. The lowest BCUT2D eigenvalue weighted by molar-refractivity contribution is 0.590. The lowest BCUT2D eigenvalue weighted by atomic mass is 9.87. The minimum atomic E-state index is 0.285. The maximum Gasteiger partial charge on any atom is -0.0132 e. The number of hydrogen-bond donors (Lipinski definition) is 0. The molecule has 0 heterocycles. The van der Waals surface area contributed by atoms with Crippen molar-refractivity contribution in [2.45, 2.75) is 66.7 Å². The van der Waals surface area contributed by atoms with Crippen molar-refractivity contribution in [1.82, 2.24) is 0 Å². The van der Waals surface area contributed by atoms with E-state index in [9.17, 15) is 0 Å². The summed E-state index contributed by atoms with van der Waals surface area (Å²) in [7, 11) is 0. The van der Waals surface area contributed by atoms with E-state index in [1.165, 1.54) is 16.7 Å². The zero-order chi connectivity index (χ0) is 17.2. The van der Waals surface area contributed by atoms with Crippen LogP contribution in [0.5, 0.6) is 0 Å². The molecule has 0 atom stereocenters. The summed E-state index contributed by atoms with van der Waals surface area (Å²) in [6, 6.07) is 19.3. The van der Waals surface area contributed by atoms with E-state index in [1.54, 1.807) is 0 Å². The molecule has 0 aliphatic heterocycles. The first-order valence-corrected chi connectivity index (χ1v) is 8.43. The van der Waals surface area contributed by atoms with E-state index in [4.69, 9.17) is 0 Å². The Morgan fingerprint density at radius 1 is 0.727 bits per heavy atom. The summed E-state index contributed by atoms with van der Waals surface area (Å²) < 4.78 is 0. The van der Waals surface area contributed by atoms with Crippen LogP contribution in [0, 0.1) is 6.92 Å². The van der Waals surface area contributed by atoms with E-state index in [0.29, 0.717) is 5.92 Å². The second-order valence-corrected chi connectivity index (χ2v) is 6.68. The van der Waals surface area contributed by atoms with Gasteiger partial charge in [0.05, 0.1) is 0 Å². The van der Waals surface area contributed by atoms with Crippen LogP contribution < -0.4 is 0 Å². The van der Waals surface area contributed by atoms with Crippen LogP contribution in [-0.4, -0.2) is 0 Å². The lowest BCUT2D eigenvalue weighted by Crippen LogP contribution is -2.10. The molecule has 2 aromatic carbocycles. The lowest BCUT2D eigenvalue weighted by Gasteiger charge is -2.18. The van der Waals surface area contributed by atoms with Crippen molar-refractivity contribution in [1.29, 1.82) is 0 Å². The molecule has 2 aromatic rings. The van der Waals surface area contributed by atoms with Gasteiger partial charge in [-0.05, 0) is 29.4 Å². The normalized spacial score (nSPS) is 10.2. The van der Waals surface area contributed by atoms with Crippen LogP contribution >= 0.6 is 0 Å². The molecule has 0 aromatic heterocycles. The van der Waals surface area contributed by atoms with Gasteiger partial charge in [0, 0.05) is 0 Å². The minimum absolute atomic E-state index is 0.285. The summed E-state index contributed by atoms with van der Waals surface area (Å²) >= 11 is 0. The molecule has 0 nitrogen and oxygen atoms in total. The molecule has 2 rings (SSSR count). The molecule has 0 radical (unpaired) electrons. The van der Waals surface area contributed by atoms with E-state index < -0.39 is 0 Å². The number of benzene rings is 2. The van der Waals surface area contributed by atoms with Crippen molar-refractivity contribution < 1.29 is 0 Å². The molecule has 0 N–H and O–H groups in total. The van der Waals surface area contributed by atoms with Gasteiger partial charge in [0.15, 0.2) is 0 Å². The monoisotopic (exact) mass is 298 g/mol. The zero-order valence-electron chi connectivity index (χ0n) is 15.8. The van der Waals surface area contributed by atoms with Gasteiger partial charge in [-0.15, -0.1) is 0 Å². The van der Waals surface area contributed by atoms with Crippen molar-refractivity contribution in [2.75, 3.05) is 0 Å². The Kier molecular flexibility index (Phi) is 9.49. The highest BCUT2D eigenvalue weighted by Crippen LogP contribution is 2.21. The molecule has 0 heteroatoms. The molecule has 0 unspecified atom stereocenters. The average molecular weight is 299 g/mol. The average Bonchev–Trinajstić information content (AvgIpc) is 2.50. The molecular formula is C22H34. The van der Waals surface area contributed by atoms with Gasteiger partial charge in [0.2, 0.25) is 0 Å². The molecule has 0 aliphatic rings. The van der Waals surface area contributed by atoms with Gasteiger partial charge in [0.25, 0.3) is 0 Å². The molecule has 0 fully saturated rings. The predicted octanol–water partition coefficient (Wildman–Crippen LogP) is 7.13. The van der Waals surface area contributed by atoms with Gasteiger partial charge >= 0.3 is 0 Å². The molecule has 0 amide bonds. The third-order valence-electron chi connectivity index (χ3n) is 3.38. The van der Waals surface area contributed by atoms with Crippen LogP contribution in [0.1, 0.15) is 71.1 Å². The summed E-state index contributed by atoms with van der Waals surface area (Å²) in [5, 5.41) is 0. The maximum atomic E-state index is 2.23. The molecule has 0 aliphatic carbocycles. The van der Waals surface area contributed by atoms with Crippen molar-refractivity contribution in [3.63, 3.8) is 0 Å². The highest BCUT2D eigenvalue weighted by molar-refractivity contribution is 5.26. The van der Waals surface area contributed by atoms with Gasteiger partial charge in [-0.2, -0.15) is 0 Å². The quantitative estimate of drug-likeness (QED) is 0.525. The van der Waals surface area contributed by atoms with E-state index in [0.717, 1.165) is 0 Å². The van der Waals surface area contributed by atoms with Crippen molar-refractivity contribution >= 4 is 0 Å². The van der Waals surface area contributed by atoms with Gasteiger partial charge in [-0.25, -0.2) is 0 Å². The minimum Gasteiger partial charge on any atom is -0.0683 e. The fourth-order valence-electron chi connectivity index (χ4n) is 1.89. The third kappa shape index (κ3) is 8.02. The Hall–Kier alpha value is -1.56. The number of rotatable bonds is 1. The molecule has 0 saturated heterocycles. The Balaban J connectivity index is 0.000000366. The zero-order valence-corrected chi connectivity index (χ0v) is 15.8. The fraction of sp³-hybridized carbons (Fsp3) is 0.455. The van der Waals surface area contributed by atoms with Gasteiger partial charge < -0.3 is 0 Å². The second kappa shape index (κ2) is 10.2. The second-order valence-electron chi connectivity index (χ2n) is 6.68. The molecule has 0 saturated carbocycles. The molecule has 0 bridgehead atoms. The van der Waals surface area contributed by atoms with Crippen molar-refractivity contribution in [3.8, 4) is 0 Å². The largest absolute Gasteiger partial charge is 0.0683 e. The fourth-order valence-corrected chi connectivity index (χ4v) is 1.89. The molecule has 0 spiro atoms. The van der Waals surface area contributed by atoms with Crippen LogP contribution in [0.15, 0.2) is 54.6 Å². The summed E-state index contributed by atoms with van der Waals surface area (Å²) in [6.45, 7) is 17.2. The highest BCUT2D eigenvalue weighted by atomic mass is 14.2. The molecular weight excluding hydrogens is 264 g/mol. The van der Waals surface area contributed by atoms with E-state index in [2.05, 4.69) is 90.1 Å². The summed E-state index contributed by atoms with van der Waals surface area (Å²) in [4.78, 5) is 0. The molecule has 22 heavy (non-hydrogen) atoms.